The molecule has 1 fully saturated rings. The van der Waals surface area contributed by atoms with Crippen molar-refractivity contribution >= 4 is 29.2 Å². The first-order valence-corrected chi connectivity index (χ1v) is 11.5. The number of H-pyrrole nitrogens is 1. The molecule has 35 heavy (non-hydrogen) atoms. The maximum absolute atomic E-state index is 14.6. The first-order valence-electron chi connectivity index (χ1n) is 11.5. The Bertz CT molecular complexity index is 1360. The maximum Gasteiger partial charge on any atom is 0.256 e. The van der Waals surface area contributed by atoms with E-state index in [1.807, 2.05) is 25.8 Å². The third kappa shape index (κ3) is 3.93. The van der Waals surface area contributed by atoms with Gasteiger partial charge in [-0.05, 0) is 56.3 Å². The zero-order chi connectivity index (χ0) is 24.9. The summed E-state index contributed by atoms with van der Waals surface area (Å²) >= 11 is 0. The van der Waals surface area contributed by atoms with Crippen LogP contribution in [0.25, 0.3) is 22.8 Å². The van der Waals surface area contributed by atoms with Gasteiger partial charge in [0.25, 0.3) is 11.8 Å². The highest BCUT2D eigenvalue weighted by Crippen LogP contribution is 2.42. The fraction of sp³-hybridized carbons (Fsp3) is 0.259. The molecule has 2 aliphatic rings. The van der Waals surface area contributed by atoms with Crippen LogP contribution in [0, 0.1) is 25.5 Å². The van der Waals surface area contributed by atoms with Crippen LogP contribution in [0.4, 0.5) is 14.5 Å². The number of halogens is 2. The van der Waals surface area contributed by atoms with Crippen LogP contribution < -0.4 is 5.32 Å². The molecule has 180 valence electrons. The molecule has 1 saturated heterocycles. The molecule has 0 saturated carbocycles. The van der Waals surface area contributed by atoms with Crippen molar-refractivity contribution in [1.82, 2.24) is 14.8 Å². The lowest BCUT2D eigenvalue weighted by molar-refractivity contribution is -0.110. The van der Waals surface area contributed by atoms with Crippen molar-refractivity contribution in [3.8, 4) is 11.1 Å². The number of anilines is 1. The average molecular weight is 477 g/mol. The molecule has 0 atom stereocenters. The summed E-state index contributed by atoms with van der Waals surface area (Å²) in [5.41, 5.74) is 3.95. The van der Waals surface area contributed by atoms with E-state index in [-0.39, 0.29) is 28.5 Å². The zero-order valence-electron chi connectivity index (χ0n) is 19.8. The van der Waals surface area contributed by atoms with E-state index in [0.29, 0.717) is 41.3 Å². The molecule has 0 aliphatic carbocycles. The first-order chi connectivity index (χ1) is 16.8. The number of nitrogens with zero attached hydrogens (tertiary/aromatic N) is 2. The van der Waals surface area contributed by atoms with Crippen molar-refractivity contribution in [3.63, 3.8) is 0 Å². The van der Waals surface area contributed by atoms with Crippen LogP contribution >= 0.6 is 0 Å². The number of fused-ring (bicyclic) bond motifs is 1. The van der Waals surface area contributed by atoms with Gasteiger partial charge in [-0.15, -0.1) is 0 Å². The number of aryl methyl sites for hydroxylation is 1. The number of aromatic nitrogens is 1. The van der Waals surface area contributed by atoms with E-state index in [4.69, 9.17) is 0 Å². The smallest absolute Gasteiger partial charge is 0.256 e. The van der Waals surface area contributed by atoms with Crippen LogP contribution in [-0.4, -0.2) is 59.8 Å². The summed E-state index contributed by atoms with van der Waals surface area (Å²) < 4.78 is 29.3. The Labute approximate surface area is 202 Å². The molecular formula is C27H26F2N4O2. The Balaban J connectivity index is 1.59. The summed E-state index contributed by atoms with van der Waals surface area (Å²) in [6.45, 7) is 6.62. The van der Waals surface area contributed by atoms with E-state index >= 15 is 0 Å². The molecule has 2 aliphatic heterocycles. The molecule has 1 aromatic heterocycles. The molecule has 8 heteroatoms. The van der Waals surface area contributed by atoms with E-state index in [9.17, 15) is 18.4 Å². The van der Waals surface area contributed by atoms with E-state index in [1.54, 1.807) is 24.3 Å². The molecule has 2 aromatic carbocycles. The van der Waals surface area contributed by atoms with E-state index < -0.39 is 11.6 Å². The number of piperazine rings is 1. The lowest BCUT2D eigenvalue weighted by Gasteiger charge is -2.32. The van der Waals surface area contributed by atoms with Gasteiger partial charge in [0.15, 0.2) is 0 Å². The summed E-state index contributed by atoms with van der Waals surface area (Å²) in [7, 11) is 2.03. The number of amides is 2. The van der Waals surface area contributed by atoms with Gasteiger partial charge >= 0.3 is 0 Å². The fourth-order valence-electron chi connectivity index (χ4n) is 4.90. The molecule has 2 N–H and O–H groups in total. The monoisotopic (exact) mass is 476 g/mol. The second-order valence-electron chi connectivity index (χ2n) is 9.10. The highest BCUT2D eigenvalue weighted by Gasteiger charge is 2.31. The maximum atomic E-state index is 14.6. The van der Waals surface area contributed by atoms with E-state index in [1.165, 1.54) is 18.2 Å². The van der Waals surface area contributed by atoms with Gasteiger partial charge in [-0.2, -0.15) is 0 Å². The van der Waals surface area contributed by atoms with E-state index in [2.05, 4.69) is 15.2 Å². The Morgan fingerprint density at radius 1 is 0.971 bits per heavy atom. The summed E-state index contributed by atoms with van der Waals surface area (Å²) in [6, 6.07) is 8.65. The number of rotatable bonds is 3. The molecule has 0 unspecified atom stereocenters. The number of likely N-dealkylation sites (N-methyl/N-ethyl adjacent to an activating group) is 1. The van der Waals surface area contributed by atoms with Gasteiger partial charge in [0.1, 0.15) is 11.6 Å². The number of carbonyl (C=O) groups is 2. The lowest BCUT2D eigenvalue weighted by Crippen LogP contribution is -2.47. The van der Waals surface area contributed by atoms with Crippen molar-refractivity contribution in [2.45, 2.75) is 13.8 Å². The third-order valence-corrected chi connectivity index (χ3v) is 6.83. The Morgan fingerprint density at radius 3 is 2.31 bits per heavy atom. The van der Waals surface area contributed by atoms with Crippen LogP contribution in [0.3, 0.4) is 0 Å². The number of hydrogen-bond donors (Lipinski definition) is 2. The molecule has 2 amide bonds. The molecule has 6 nitrogen and oxygen atoms in total. The van der Waals surface area contributed by atoms with Gasteiger partial charge in [0.2, 0.25) is 0 Å². The number of aromatic amines is 1. The predicted molar refractivity (Wildman–Crippen MR) is 132 cm³/mol. The van der Waals surface area contributed by atoms with Crippen LogP contribution in [-0.2, 0) is 4.79 Å². The number of hydrogen-bond acceptors (Lipinski definition) is 3. The van der Waals surface area contributed by atoms with Gasteiger partial charge in [0.05, 0.1) is 16.7 Å². The van der Waals surface area contributed by atoms with Crippen LogP contribution in [0.1, 0.15) is 32.9 Å². The largest absolute Gasteiger partial charge is 0.358 e. The van der Waals surface area contributed by atoms with Gasteiger partial charge in [-0.1, -0.05) is 18.2 Å². The number of benzene rings is 2. The van der Waals surface area contributed by atoms with Gasteiger partial charge in [-0.25, -0.2) is 8.78 Å². The lowest BCUT2D eigenvalue weighted by atomic mass is 9.93. The van der Waals surface area contributed by atoms with Gasteiger partial charge in [0, 0.05) is 48.8 Å². The molecular weight excluding hydrogens is 450 g/mol. The third-order valence-electron chi connectivity index (χ3n) is 6.83. The van der Waals surface area contributed by atoms with Crippen LogP contribution in [0.15, 0.2) is 36.4 Å². The van der Waals surface area contributed by atoms with Crippen LogP contribution in [0.2, 0.25) is 0 Å². The fourth-order valence-corrected chi connectivity index (χ4v) is 4.90. The van der Waals surface area contributed by atoms with Crippen molar-refractivity contribution < 1.29 is 18.4 Å². The summed E-state index contributed by atoms with van der Waals surface area (Å²) in [5, 5.41) is 2.79. The number of nitrogens with one attached hydrogen (secondary N) is 2. The minimum Gasteiger partial charge on any atom is -0.358 e. The minimum atomic E-state index is -0.705. The van der Waals surface area contributed by atoms with Crippen molar-refractivity contribution in [2.75, 3.05) is 38.5 Å². The van der Waals surface area contributed by atoms with E-state index in [0.717, 1.165) is 18.7 Å². The topological polar surface area (TPSA) is 68.4 Å². The molecule has 3 heterocycles. The number of carbonyl (C=O) groups excluding carboxylic acids is 2. The SMILES string of the molecule is Cc1[nH]c(C=C2C(=O)Nc3cccc(-c4c(F)cccc4F)c32)c(C)c1C(=O)N1CCN(C)CC1. The predicted octanol–water partition coefficient (Wildman–Crippen LogP) is 4.46. The molecule has 3 aromatic rings. The van der Waals surface area contributed by atoms with Crippen molar-refractivity contribution in [3.05, 3.63) is 76.1 Å². The zero-order valence-corrected chi connectivity index (χ0v) is 19.8. The van der Waals surface area contributed by atoms with Crippen LogP contribution in [0.5, 0.6) is 0 Å². The second kappa shape index (κ2) is 8.78. The molecule has 0 radical (unpaired) electrons. The quantitative estimate of drug-likeness (QED) is 0.549. The average Bonchev–Trinajstić information content (AvgIpc) is 3.29. The standard InChI is InChI=1S/C27H26F2N4O2/c1-15-22(30-16(2)23(15)27(35)33-12-10-32(3)11-13-33)14-18-24-17(6-4-9-21(24)31-26(18)34)25-19(28)7-5-8-20(25)29/h4-9,14,30H,10-13H2,1-3H3,(H,31,34). The Kier molecular flexibility index (Phi) is 5.76. The summed E-state index contributed by atoms with van der Waals surface area (Å²) in [4.78, 5) is 33.5. The molecule has 0 spiro atoms. The van der Waals surface area contributed by atoms with Gasteiger partial charge < -0.3 is 20.1 Å². The normalized spacial score (nSPS) is 17.1. The summed E-state index contributed by atoms with van der Waals surface area (Å²) in [5.74, 6) is -1.82. The molecule has 5 rings (SSSR count). The highest BCUT2D eigenvalue weighted by molar-refractivity contribution is 6.36. The Morgan fingerprint density at radius 2 is 1.63 bits per heavy atom. The minimum absolute atomic E-state index is 0.0422. The Hall–Kier alpha value is -3.78. The summed E-state index contributed by atoms with van der Waals surface area (Å²) in [6.07, 6.45) is 1.66. The highest BCUT2D eigenvalue weighted by atomic mass is 19.1. The van der Waals surface area contributed by atoms with Gasteiger partial charge in [-0.3, -0.25) is 9.59 Å². The first kappa shape index (κ1) is 23.0. The second-order valence-corrected chi connectivity index (χ2v) is 9.10. The molecule has 0 bridgehead atoms. The van der Waals surface area contributed by atoms with Crippen molar-refractivity contribution in [1.29, 1.82) is 0 Å². The van der Waals surface area contributed by atoms with Crippen molar-refractivity contribution in [2.24, 2.45) is 0 Å².